The highest BCUT2D eigenvalue weighted by molar-refractivity contribution is 7.84. The van der Waals surface area contributed by atoms with Crippen LogP contribution in [-0.4, -0.2) is 68.8 Å². The minimum atomic E-state index is -1.37. The standard InChI is InChI=1S/C25H26N6O3S/c1-35(34)24-27-21-16-29(22-8-4-6-17-5-2-3-7-19(17)22)12-10-20(21)23(28-24)30-13-14-31(25(32)33)18(15-30)9-11-26/h2-8,18H,9-10,12-16H2,1H3,(H,32,33). The Balaban J connectivity index is 1.51. The first-order chi connectivity index (χ1) is 17.0. The third-order valence-electron chi connectivity index (χ3n) is 6.74. The summed E-state index contributed by atoms with van der Waals surface area (Å²) in [7, 11) is -1.37. The molecule has 2 aliphatic rings. The first kappa shape index (κ1) is 23.1. The molecule has 3 aromatic rings. The summed E-state index contributed by atoms with van der Waals surface area (Å²) >= 11 is 0. The van der Waals surface area contributed by atoms with Crippen LogP contribution in [0.4, 0.5) is 16.3 Å². The highest BCUT2D eigenvalue weighted by Crippen LogP contribution is 2.34. The number of benzene rings is 2. The SMILES string of the molecule is CS(=O)c1nc2c(c(N3CCN(C(=O)O)C(CC#N)C3)n1)CCN(c1cccc3ccccc13)C2. The van der Waals surface area contributed by atoms with Crippen LogP contribution in [0.3, 0.4) is 0 Å². The van der Waals surface area contributed by atoms with Crippen molar-refractivity contribution in [3.05, 3.63) is 53.7 Å². The van der Waals surface area contributed by atoms with Gasteiger partial charge in [-0.3, -0.25) is 4.21 Å². The highest BCUT2D eigenvalue weighted by Gasteiger charge is 2.34. The van der Waals surface area contributed by atoms with Crippen molar-refractivity contribution in [2.75, 3.05) is 42.2 Å². The molecule has 2 aliphatic heterocycles. The molecule has 0 aliphatic carbocycles. The number of aromatic nitrogens is 2. The fourth-order valence-electron chi connectivity index (χ4n) is 5.05. The number of hydrogen-bond donors (Lipinski definition) is 1. The van der Waals surface area contributed by atoms with Gasteiger partial charge in [-0.2, -0.15) is 5.26 Å². The Morgan fingerprint density at radius 1 is 1.14 bits per heavy atom. The maximum atomic E-state index is 12.4. The number of amides is 1. The normalized spacial score (nSPS) is 18.7. The van der Waals surface area contributed by atoms with E-state index in [0.717, 1.165) is 23.5 Å². The second-order valence-corrected chi connectivity index (χ2v) is 10.1. The summed E-state index contributed by atoms with van der Waals surface area (Å²) in [4.78, 5) is 26.7. The van der Waals surface area contributed by atoms with E-state index in [9.17, 15) is 19.4 Å². The summed E-state index contributed by atoms with van der Waals surface area (Å²) in [6, 6.07) is 16.2. The Hall–Kier alpha value is -3.71. The predicted molar refractivity (Wildman–Crippen MR) is 134 cm³/mol. The van der Waals surface area contributed by atoms with E-state index in [2.05, 4.69) is 51.3 Å². The molecule has 0 bridgehead atoms. The van der Waals surface area contributed by atoms with Gasteiger partial charge in [0.25, 0.3) is 0 Å². The van der Waals surface area contributed by atoms with E-state index in [-0.39, 0.29) is 18.1 Å². The monoisotopic (exact) mass is 490 g/mol. The summed E-state index contributed by atoms with van der Waals surface area (Å²) in [5, 5.41) is 21.4. The van der Waals surface area contributed by atoms with Gasteiger partial charge < -0.3 is 19.8 Å². The maximum absolute atomic E-state index is 12.4. The molecular weight excluding hydrogens is 464 g/mol. The molecule has 1 saturated heterocycles. The zero-order chi connectivity index (χ0) is 24.5. The van der Waals surface area contributed by atoms with E-state index >= 15 is 0 Å². The fraction of sp³-hybridized carbons (Fsp3) is 0.360. The molecule has 10 heteroatoms. The van der Waals surface area contributed by atoms with Gasteiger partial charge in [-0.1, -0.05) is 36.4 Å². The van der Waals surface area contributed by atoms with Crippen LogP contribution in [0, 0.1) is 11.3 Å². The number of nitriles is 1. The highest BCUT2D eigenvalue weighted by atomic mass is 32.2. The van der Waals surface area contributed by atoms with Gasteiger partial charge in [0.1, 0.15) is 5.82 Å². The Bertz CT molecular complexity index is 1350. The summed E-state index contributed by atoms with van der Waals surface area (Å²) in [6.45, 7) is 2.46. The first-order valence-corrected chi connectivity index (χ1v) is 13.1. The van der Waals surface area contributed by atoms with Crippen molar-refractivity contribution in [1.29, 1.82) is 5.26 Å². The molecule has 2 unspecified atom stereocenters. The molecule has 1 fully saturated rings. The van der Waals surface area contributed by atoms with Gasteiger partial charge in [0.15, 0.2) is 0 Å². The zero-order valence-corrected chi connectivity index (χ0v) is 20.2. The molecule has 0 saturated carbocycles. The molecular formula is C25H26N6O3S. The molecule has 2 aromatic carbocycles. The summed E-state index contributed by atoms with van der Waals surface area (Å²) < 4.78 is 12.4. The molecule has 5 rings (SSSR count). The van der Waals surface area contributed by atoms with Gasteiger partial charge in [-0.15, -0.1) is 0 Å². The maximum Gasteiger partial charge on any atom is 0.407 e. The van der Waals surface area contributed by atoms with Crippen LogP contribution in [0.2, 0.25) is 0 Å². The Kier molecular flexibility index (Phi) is 6.26. The number of rotatable bonds is 4. The Morgan fingerprint density at radius 3 is 2.71 bits per heavy atom. The molecule has 1 amide bonds. The van der Waals surface area contributed by atoms with Crippen LogP contribution >= 0.6 is 0 Å². The lowest BCUT2D eigenvalue weighted by Crippen LogP contribution is -2.55. The lowest BCUT2D eigenvalue weighted by molar-refractivity contribution is 0.119. The minimum absolute atomic E-state index is 0.109. The number of anilines is 2. The topological polar surface area (TPSA) is 114 Å². The van der Waals surface area contributed by atoms with E-state index in [1.54, 1.807) is 6.26 Å². The predicted octanol–water partition coefficient (Wildman–Crippen LogP) is 3.01. The number of carboxylic acid groups (broad SMARTS) is 1. The molecule has 0 radical (unpaired) electrons. The average molecular weight is 491 g/mol. The van der Waals surface area contributed by atoms with Crippen LogP contribution in [0.1, 0.15) is 17.7 Å². The van der Waals surface area contributed by atoms with Crippen LogP contribution in [0.15, 0.2) is 47.6 Å². The van der Waals surface area contributed by atoms with Crippen LogP contribution in [0.5, 0.6) is 0 Å². The molecule has 1 aromatic heterocycles. The van der Waals surface area contributed by atoms with Gasteiger partial charge in [-0.05, 0) is 17.9 Å². The Morgan fingerprint density at radius 2 is 1.94 bits per heavy atom. The molecule has 2 atom stereocenters. The third kappa shape index (κ3) is 4.39. The lowest BCUT2D eigenvalue weighted by Gasteiger charge is -2.41. The second kappa shape index (κ2) is 9.50. The van der Waals surface area contributed by atoms with E-state index in [1.807, 2.05) is 17.0 Å². The van der Waals surface area contributed by atoms with Gasteiger partial charge >= 0.3 is 6.09 Å². The molecule has 180 valence electrons. The summed E-state index contributed by atoms with van der Waals surface area (Å²) in [5.41, 5.74) is 2.99. The largest absolute Gasteiger partial charge is 0.465 e. The second-order valence-electron chi connectivity index (χ2n) is 8.82. The quantitative estimate of drug-likeness (QED) is 0.555. The number of hydrogen-bond acceptors (Lipinski definition) is 7. The molecule has 0 spiro atoms. The number of fused-ring (bicyclic) bond motifs is 2. The van der Waals surface area contributed by atoms with E-state index < -0.39 is 22.9 Å². The van der Waals surface area contributed by atoms with E-state index in [4.69, 9.17) is 0 Å². The van der Waals surface area contributed by atoms with Gasteiger partial charge in [0, 0.05) is 49.1 Å². The van der Waals surface area contributed by atoms with E-state index in [1.165, 1.54) is 15.7 Å². The minimum Gasteiger partial charge on any atom is -0.465 e. The van der Waals surface area contributed by atoms with Crippen molar-refractivity contribution in [3.8, 4) is 6.07 Å². The number of carbonyl (C=O) groups is 1. The van der Waals surface area contributed by atoms with Crippen molar-refractivity contribution in [1.82, 2.24) is 14.9 Å². The number of nitrogens with zero attached hydrogens (tertiary/aromatic N) is 6. The van der Waals surface area contributed by atoms with Crippen molar-refractivity contribution >= 4 is 39.2 Å². The smallest absolute Gasteiger partial charge is 0.407 e. The van der Waals surface area contributed by atoms with Gasteiger partial charge in [0.2, 0.25) is 5.16 Å². The third-order valence-corrected chi connectivity index (χ3v) is 7.44. The van der Waals surface area contributed by atoms with Gasteiger partial charge in [0.05, 0.1) is 41.6 Å². The summed E-state index contributed by atoms with van der Waals surface area (Å²) in [6.07, 6.45) is 1.37. The Labute approximate surface area is 206 Å². The molecule has 35 heavy (non-hydrogen) atoms. The zero-order valence-electron chi connectivity index (χ0n) is 19.4. The fourth-order valence-corrected chi connectivity index (χ4v) is 5.50. The summed E-state index contributed by atoms with van der Waals surface area (Å²) in [5.74, 6) is 0.714. The van der Waals surface area contributed by atoms with Crippen LogP contribution in [0.25, 0.3) is 10.8 Å². The first-order valence-electron chi connectivity index (χ1n) is 11.5. The van der Waals surface area contributed by atoms with Crippen molar-refractivity contribution in [3.63, 3.8) is 0 Å². The van der Waals surface area contributed by atoms with Crippen molar-refractivity contribution < 1.29 is 14.1 Å². The van der Waals surface area contributed by atoms with E-state index in [0.29, 0.717) is 31.9 Å². The number of piperazine rings is 1. The van der Waals surface area contributed by atoms with Gasteiger partial charge in [-0.25, -0.2) is 14.8 Å². The van der Waals surface area contributed by atoms with Crippen LogP contribution < -0.4 is 9.80 Å². The molecule has 1 N–H and O–H groups in total. The lowest BCUT2D eigenvalue weighted by atomic mass is 10.0. The molecule has 3 heterocycles. The van der Waals surface area contributed by atoms with Crippen molar-refractivity contribution in [2.45, 2.75) is 30.6 Å². The van der Waals surface area contributed by atoms with Crippen LogP contribution in [-0.2, 0) is 23.8 Å². The average Bonchev–Trinajstić information content (AvgIpc) is 2.87. The molecule has 9 nitrogen and oxygen atoms in total. The van der Waals surface area contributed by atoms with Crippen molar-refractivity contribution in [2.24, 2.45) is 0 Å².